The van der Waals surface area contributed by atoms with Crippen molar-refractivity contribution in [3.8, 4) is 0 Å². The summed E-state index contributed by atoms with van der Waals surface area (Å²) >= 11 is 0. The van der Waals surface area contributed by atoms with Crippen molar-refractivity contribution < 1.29 is 4.79 Å². The Morgan fingerprint density at radius 2 is 2.25 bits per heavy atom. The number of carbonyl (C=O) groups is 1. The van der Waals surface area contributed by atoms with Crippen LogP contribution in [0.3, 0.4) is 0 Å². The highest BCUT2D eigenvalue weighted by molar-refractivity contribution is 5.83. The second kappa shape index (κ2) is 5.64. The van der Waals surface area contributed by atoms with Gasteiger partial charge in [-0.1, -0.05) is 13.3 Å². The minimum atomic E-state index is -0.858. The lowest BCUT2D eigenvalue weighted by molar-refractivity contribution is -0.122. The topological polar surface area (TPSA) is 72.3 Å². The summed E-state index contributed by atoms with van der Waals surface area (Å²) in [4.78, 5) is 13.5. The number of amides is 1. The normalized spacial score (nSPS) is 25.6. The first kappa shape index (κ1) is 13.5. The first-order chi connectivity index (χ1) is 7.45. The van der Waals surface area contributed by atoms with Gasteiger partial charge in [0.1, 0.15) is 0 Å². The van der Waals surface area contributed by atoms with Crippen LogP contribution in [0.5, 0.6) is 0 Å². The molecule has 0 radical (unpaired) electrons. The van der Waals surface area contributed by atoms with Crippen molar-refractivity contribution in [1.29, 1.82) is 0 Å². The number of likely N-dealkylation sites (tertiary alicyclic amines) is 1. The molecule has 0 saturated carbocycles. The van der Waals surface area contributed by atoms with E-state index in [4.69, 9.17) is 11.5 Å². The Morgan fingerprint density at radius 1 is 1.56 bits per heavy atom. The Kier molecular flexibility index (Phi) is 4.74. The third-order valence-electron chi connectivity index (χ3n) is 3.58. The molecule has 0 aromatic rings. The van der Waals surface area contributed by atoms with E-state index in [1.807, 2.05) is 0 Å². The van der Waals surface area contributed by atoms with Gasteiger partial charge in [0.25, 0.3) is 0 Å². The number of nitrogens with two attached hydrogens (primary N) is 2. The zero-order chi connectivity index (χ0) is 12.2. The fraction of sp³-hybridized carbons (Fsp3) is 0.917. The molecule has 1 fully saturated rings. The molecule has 4 nitrogen and oxygen atoms in total. The highest BCUT2D eigenvalue weighted by atomic mass is 16.1. The standard InChI is InChI=1S/C12H25N3O/c1-3-4-10-5-7-15(9-10)8-6-12(2,14)11(13)16/h10H,3-9,14H2,1-2H3,(H2,13,16). The first-order valence-corrected chi connectivity index (χ1v) is 6.27. The van der Waals surface area contributed by atoms with Gasteiger partial charge >= 0.3 is 0 Å². The van der Waals surface area contributed by atoms with E-state index >= 15 is 0 Å². The van der Waals surface area contributed by atoms with E-state index in [-0.39, 0.29) is 0 Å². The van der Waals surface area contributed by atoms with Crippen LogP contribution in [-0.4, -0.2) is 36.0 Å². The molecule has 4 N–H and O–H groups in total. The Balaban J connectivity index is 2.27. The van der Waals surface area contributed by atoms with Crippen LogP contribution in [0.25, 0.3) is 0 Å². The molecular formula is C12H25N3O. The maximum atomic E-state index is 11.1. The number of carbonyl (C=O) groups excluding carboxylic acids is 1. The molecule has 0 aromatic carbocycles. The van der Waals surface area contributed by atoms with Gasteiger partial charge in [0.2, 0.25) is 5.91 Å². The monoisotopic (exact) mass is 227 g/mol. The Hall–Kier alpha value is -0.610. The highest BCUT2D eigenvalue weighted by Crippen LogP contribution is 2.21. The lowest BCUT2D eigenvalue weighted by Gasteiger charge is -2.24. The summed E-state index contributed by atoms with van der Waals surface area (Å²) in [6.45, 7) is 7.12. The van der Waals surface area contributed by atoms with Gasteiger partial charge in [-0.3, -0.25) is 4.79 Å². The number of primary amides is 1. The predicted molar refractivity (Wildman–Crippen MR) is 65.9 cm³/mol. The molecule has 2 unspecified atom stereocenters. The molecule has 1 heterocycles. The molecule has 2 atom stereocenters. The number of hydrogen-bond donors (Lipinski definition) is 2. The number of hydrogen-bond acceptors (Lipinski definition) is 3. The maximum absolute atomic E-state index is 11.1. The Morgan fingerprint density at radius 3 is 2.81 bits per heavy atom. The average Bonchev–Trinajstić information content (AvgIpc) is 2.63. The summed E-state index contributed by atoms with van der Waals surface area (Å²) < 4.78 is 0. The zero-order valence-electron chi connectivity index (χ0n) is 10.5. The quantitative estimate of drug-likeness (QED) is 0.701. The van der Waals surface area contributed by atoms with Crippen molar-refractivity contribution >= 4 is 5.91 Å². The summed E-state index contributed by atoms with van der Waals surface area (Å²) in [5.41, 5.74) is 10.2. The van der Waals surface area contributed by atoms with Crippen LogP contribution in [0.1, 0.15) is 39.5 Å². The molecule has 1 saturated heterocycles. The maximum Gasteiger partial charge on any atom is 0.237 e. The van der Waals surface area contributed by atoms with E-state index in [1.165, 1.54) is 19.3 Å². The third kappa shape index (κ3) is 3.76. The van der Waals surface area contributed by atoms with Gasteiger partial charge in [0, 0.05) is 13.1 Å². The molecule has 16 heavy (non-hydrogen) atoms. The van der Waals surface area contributed by atoms with Crippen molar-refractivity contribution in [1.82, 2.24) is 4.90 Å². The van der Waals surface area contributed by atoms with Crippen LogP contribution in [0, 0.1) is 5.92 Å². The van der Waals surface area contributed by atoms with Gasteiger partial charge in [-0.15, -0.1) is 0 Å². The van der Waals surface area contributed by atoms with Crippen molar-refractivity contribution in [2.45, 2.75) is 45.1 Å². The SMILES string of the molecule is CCCC1CCN(CCC(C)(N)C(N)=O)C1. The second-order valence-corrected chi connectivity index (χ2v) is 5.28. The number of nitrogens with zero attached hydrogens (tertiary/aromatic N) is 1. The van der Waals surface area contributed by atoms with Gasteiger partial charge in [0.15, 0.2) is 0 Å². The summed E-state index contributed by atoms with van der Waals surface area (Å²) in [7, 11) is 0. The molecule has 1 aliphatic heterocycles. The van der Waals surface area contributed by atoms with Crippen LogP contribution in [0.15, 0.2) is 0 Å². The predicted octanol–water partition coefficient (Wildman–Crippen LogP) is 0.701. The first-order valence-electron chi connectivity index (χ1n) is 6.27. The van der Waals surface area contributed by atoms with Crippen LogP contribution < -0.4 is 11.5 Å². The molecule has 0 aromatic heterocycles. The minimum absolute atomic E-state index is 0.406. The fourth-order valence-electron chi connectivity index (χ4n) is 2.27. The van der Waals surface area contributed by atoms with Crippen LogP contribution in [0.4, 0.5) is 0 Å². The van der Waals surface area contributed by atoms with E-state index in [1.54, 1.807) is 6.92 Å². The van der Waals surface area contributed by atoms with Gasteiger partial charge in [0.05, 0.1) is 5.54 Å². The Bertz CT molecular complexity index is 240. The lowest BCUT2D eigenvalue weighted by atomic mass is 9.98. The van der Waals surface area contributed by atoms with Crippen molar-refractivity contribution in [3.63, 3.8) is 0 Å². The second-order valence-electron chi connectivity index (χ2n) is 5.28. The van der Waals surface area contributed by atoms with Crippen molar-refractivity contribution in [3.05, 3.63) is 0 Å². The average molecular weight is 227 g/mol. The molecule has 94 valence electrons. The van der Waals surface area contributed by atoms with Crippen LogP contribution in [0.2, 0.25) is 0 Å². The number of rotatable bonds is 6. The van der Waals surface area contributed by atoms with Crippen LogP contribution >= 0.6 is 0 Å². The van der Waals surface area contributed by atoms with Gasteiger partial charge < -0.3 is 16.4 Å². The molecule has 4 heteroatoms. The molecule has 1 amide bonds. The van der Waals surface area contributed by atoms with E-state index in [9.17, 15) is 4.79 Å². The lowest BCUT2D eigenvalue weighted by Crippen LogP contribution is -2.51. The smallest absolute Gasteiger partial charge is 0.237 e. The zero-order valence-corrected chi connectivity index (χ0v) is 10.5. The molecule has 1 rings (SSSR count). The van der Waals surface area contributed by atoms with E-state index in [2.05, 4.69) is 11.8 Å². The molecule has 0 bridgehead atoms. The minimum Gasteiger partial charge on any atom is -0.368 e. The summed E-state index contributed by atoms with van der Waals surface area (Å²) in [5.74, 6) is 0.430. The Labute approximate surface area is 98.3 Å². The van der Waals surface area contributed by atoms with Crippen molar-refractivity contribution in [2.75, 3.05) is 19.6 Å². The summed E-state index contributed by atoms with van der Waals surface area (Å²) in [5, 5.41) is 0. The van der Waals surface area contributed by atoms with E-state index < -0.39 is 11.4 Å². The van der Waals surface area contributed by atoms with Crippen LogP contribution in [-0.2, 0) is 4.79 Å². The third-order valence-corrected chi connectivity index (χ3v) is 3.58. The van der Waals surface area contributed by atoms with Gasteiger partial charge in [-0.2, -0.15) is 0 Å². The summed E-state index contributed by atoms with van der Waals surface area (Å²) in [6.07, 6.45) is 4.51. The highest BCUT2D eigenvalue weighted by Gasteiger charge is 2.28. The van der Waals surface area contributed by atoms with E-state index in [0.717, 1.165) is 25.6 Å². The molecular weight excluding hydrogens is 202 g/mol. The molecule has 0 aliphatic carbocycles. The van der Waals surface area contributed by atoms with E-state index in [0.29, 0.717) is 6.42 Å². The van der Waals surface area contributed by atoms with Crippen molar-refractivity contribution in [2.24, 2.45) is 17.4 Å². The fourth-order valence-corrected chi connectivity index (χ4v) is 2.27. The molecule has 1 aliphatic rings. The van der Waals surface area contributed by atoms with Gasteiger partial charge in [-0.25, -0.2) is 0 Å². The van der Waals surface area contributed by atoms with Gasteiger partial charge in [-0.05, 0) is 38.6 Å². The molecule has 0 spiro atoms. The largest absolute Gasteiger partial charge is 0.368 e. The summed E-state index contributed by atoms with van der Waals surface area (Å²) in [6, 6.07) is 0.